The van der Waals surface area contributed by atoms with Crippen LogP contribution in [0, 0.1) is 0 Å². The molecule has 7 nitrogen and oxygen atoms in total. The Morgan fingerprint density at radius 1 is 1.42 bits per heavy atom. The molecule has 0 fully saturated rings. The molecule has 0 amide bonds. The van der Waals surface area contributed by atoms with Gasteiger partial charge in [0, 0.05) is 13.0 Å². The van der Waals surface area contributed by atoms with E-state index in [0.717, 1.165) is 0 Å². The Labute approximate surface area is 69.8 Å². The van der Waals surface area contributed by atoms with Gasteiger partial charge in [-0.1, -0.05) is 0 Å². The fraction of sp³-hybridized carbons (Fsp3) is 0.600. The molecule has 0 aromatic heterocycles. The number of aliphatic carboxylic acids is 1. The highest BCUT2D eigenvalue weighted by molar-refractivity contribution is 5.78. The fourth-order valence-electron chi connectivity index (χ4n) is 0.554. The van der Waals surface area contributed by atoms with Crippen LogP contribution in [-0.4, -0.2) is 23.6 Å². The molecule has 7 N–H and O–H groups in total. The maximum atomic E-state index is 10.1. The van der Waals surface area contributed by atoms with Crippen molar-refractivity contribution in [2.75, 3.05) is 6.54 Å². The summed E-state index contributed by atoms with van der Waals surface area (Å²) in [6, 6.07) is 0. The minimum Gasteiger partial charge on any atom is -0.481 e. The van der Waals surface area contributed by atoms with E-state index in [9.17, 15) is 4.79 Å². The molecule has 0 aliphatic carbocycles. The van der Waals surface area contributed by atoms with E-state index in [1.165, 1.54) is 0 Å². The van der Waals surface area contributed by atoms with Crippen molar-refractivity contribution in [3.05, 3.63) is 0 Å². The van der Waals surface area contributed by atoms with Crippen molar-refractivity contribution in [3.8, 4) is 0 Å². The van der Waals surface area contributed by atoms with Crippen LogP contribution in [0.1, 0.15) is 12.8 Å². The average Bonchev–Trinajstić information content (AvgIpc) is 2.04. The molecule has 0 spiro atoms. The van der Waals surface area contributed by atoms with Gasteiger partial charge in [-0.3, -0.25) is 20.6 Å². The van der Waals surface area contributed by atoms with E-state index < -0.39 is 5.97 Å². The maximum Gasteiger partial charge on any atom is 0.303 e. The second kappa shape index (κ2) is 6.38. The van der Waals surface area contributed by atoms with Gasteiger partial charge in [0.1, 0.15) is 0 Å². The number of hydrogen-bond acceptors (Lipinski definition) is 4. The number of carbonyl (C=O) groups is 1. The summed E-state index contributed by atoms with van der Waals surface area (Å²) in [5.41, 5.74) is 4.41. The molecule has 0 radical (unpaired) electrons. The summed E-state index contributed by atoms with van der Waals surface area (Å²) in [5.74, 6) is 9.37. The largest absolute Gasteiger partial charge is 0.481 e. The van der Waals surface area contributed by atoms with Crippen LogP contribution in [0.25, 0.3) is 0 Å². The smallest absolute Gasteiger partial charge is 0.303 e. The topological polar surface area (TPSA) is 126 Å². The van der Waals surface area contributed by atoms with Crippen molar-refractivity contribution in [2.24, 2.45) is 16.7 Å². The van der Waals surface area contributed by atoms with Crippen LogP contribution in [0.3, 0.4) is 0 Å². The third-order valence-electron chi connectivity index (χ3n) is 1.09. The first-order chi connectivity index (χ1) is 5.70. The number of nitrogens with two attached hydrogens (primary N) is 2. The Balaban J connectivity index is 3.51. The number of carboxylic acid groups (broad SMARTS) is 1. The van der Waals surface area contributed by atoms with Crippen LogP contribution in [0.2, 0.25) is 0 Å². The summed E-state index contributed by atoms with van der Waals surface area (Å²) >= 11 is 0. The van der Waals surface area contributed by atoms with Crippen LogP contribution in [0.15, 0.2) is 4.99 Å². The van der Waals surface area contributed by atoms with Gasteiger partial charge < -0.3 is 5.11 Å². The van der Waals surface area contributed by atoms with E-state index in [4.69, 9.17) is 16.8 Å². The number of aliphatic imine (C=N–C) groups is 1. The highest BCUT2D eigenvalue weighted by Crippen LogP contribution is 1.88. The third kappa shape index (κ3) is 5.45. The normalized spacial score (nSPS) is 8.83. The minimum absolute atomic E-state index is 0.0892. The maximum absolute atomic E-state index is 10.1. The van der Waals surface area contributed by atoms with Gasteiger partial charge in [-0.25, -0.2) is 11.7 Å². The number of hydrogen-bond donors (Lipinski definition) is 5. The highest BCUT2D eigenvalue weighted by atomic mass is 16.4. The average molecular weight is 175 g/mol. The SMILES string of the molecule is NNC(=NCCCC(=O)O)NN. The summed E-state index contributed by atoms with van der Waals surface area (Å²) < 4.78 is 0. The molecule has 70 valence electrons. The second-order valence-electron chi connectivity index (χ2n) is 2.02. The quantitative estimate of drug-likeness (QED) is 0.112. The monoisotopic (exact) mass is 175 g/mol. The van der Waals surface area contributed by atoms with Crippen LogP contribution in [0.5, 0.6) is 0 Å². The van der Waals surface area contributed by atoms with Gasteiger partial charge in [-0.05, 0) is 6.42 Å². The number of nitrogens with zero attached hydrogens (tertiary/aromatic N) is 1. The molecular formula is C5H13N5O2. The van der Waals surface area contributed by atoms with Gasteiger partial charge in [0.05, 0.1) is 0 Å². The lowest BCUT2D eigenvalue weighted by atomic mass is 10.3. The fourth-order valence-corrected chi connectivity index (χ4v) is 0.554. The molecule has 0 heterocycles. The predicted molar refractivity (Wildman–Crippen MR) is 43.8 cm³/mol. The summed E-state index contributed by atoms with van der Waals surface area (Å²) in [5, 5.41) is 8.26. The van der Waals surface area contributed by atoms with Gasteiger partial charge in [0.15, 0.2) is 0 Å². The van der Waals surface area contributed by atoms with Crippen LogP contribution in [-0.2, 0) is 4.79 Å². The molecule has 0 atom stereocenters. The zero-order chi connectivity index (χ0) is 9.40. The van der Waals surface area contributed by atoms with Gasteiger partial charge >= 0.3 is 5.97 Å². The number of rotatable bonds is 4. The van der Waals surface area contributed by atoms with Crippen molar-refractivity contribution < 1.29 is 9.90 Å². The Morgan fingerprint density at radius 2 is 2.00 bits per heavy atom. The molecule has 0 saturated heterocycles. The molecule has 0 bridgehead atoms. The van der Waals surface area contributed by atoms with Crippen LogP contribution >= 0.6 is 0 Å². The Kier molecular flexibility index (Phi) is 5.66. The lowest BCUT2D eigenvalue weighted by Crippen LogP contribution is -2.45. The van der Waals surface area contributed by atoms with Crippen LogP contribution in [0.4, 0.5) is 0 Å². The first-order valence-corrected chi connectivity index (χ1v) is 3.40. The molecule has 0 aromatic rings. The van der Waals surface area contributed by atoms with Gasteiger partial charge in [0.25, 0.3) is 0 Å². The molecular weight excluding hydrogens is 162 g/mol. The molecule has 0 unspecified atom stereocenters. The molecule has 0 aliphatic heterocycles. The van der Waals surface area contributed by atoms with Crippen molar-refractivity contribution in [1.82, 2.24) is 10.9 Å². The number of carboxylic acids is 1. The van der Waals surface area contributed by atoms with E-state index in [1.807, 2.05) is 0 Å². The predicted octanol–water partition coefficient (Wildman–Crippen LogP) is -1.87. The molecule has 0 aromatic carbocycles. The lowest BCUT2D eigenvalue weighted by molar-refractivity contribution is -0.137. The van der Waals surface area contributed by atoms with E-state index in [-0.39, 0.29) is 12.4 Å². The van der Waals surface area contributed by atoms with E-state index in [1.54, 1.807) is 0 Å². The zero-order valence-corrected chi connectivity index (χ0v) is 6.58. The standard InChI is InChI=1S/C5H13N5O2/c6-9-5(10-7)8-3-1-2-4(11)12/h1-3,6-7H2,(H,11,12)(H2,8,9,10). The van der Waals surface area contributed by atoms with Crippen molar-refractivity contribution in [2.45, 2.75) is 12.8 Å². The molecule has 0 rings (SSSR count). The Hall–Kier alpha value is -1.34. The number of guanidine groups is 1. The molecule has 0 aliphatic rings. The molecule has 0 saturated carbocycles. The van der Waals surface area contributed by atoms with Crippen molar-refractivity contribution in [3.63, 3.8) is 0 Å². The number of hydrazine groups is 2. The Morgan fingerprint density at radius 3 is 2.42 bits per heavy atom. The van der Waals surface area contributed by atoms with E-state index >= 15 is 0 Å². The lowest BCUT2D eigenvalue weighted by Gasteiger charge is -2.02. The summed E-state index contributed by atoms with van der Waals surface area (Å²) in [6.07, 6.45) is 0.550. The van der Waals surface area contributed by atoms with Crippen molar-refractivity contribution in [1.29, 1.82) is 0 Å². The number of nitrogens with one attached hydrogen (secondary N) is 2. The van der Waals surface area contributed by atoms with E-state index in [2.05, 4.69) is 15.8 Å². The summed E-state index contributed by atoms with van der Waals surface area (Å²) in [4.78, 5) is 13.9. The third-order valence-corrected chi connectivity index (χ3v) is 1.09. The highest BCUT2D eigenvalue weighted by Gasteiger charge is 1.95. The summed E-state index contributed by atoms with van der Waals surface area (Å²) in [7, 11) is 0. The first-order valence-electron chi connectivity index (χ1n) is 3.40. The van der Waals surface area contributed by atoms with Gasteiger partial charge in [-0.15, -0.1) is 0 Å². The minimum atomic E-state index is -0.840. The Bertz CT molecular complexity index is 163. The van der Waals surface area contributed by atoms with Crippen LogP contribution < -0.4 is 22.5 Å². The van der Waals surface area contributed by atoms with Crippen molar-refractivity contribution >= 4 is 11.9 Å². The first kappa shape index (κ1) is 10.7. The van der Waals surface area contributed by atoms with Gasteiger partial charge in [-0.2, -0.15) is 0 Å². The van der Waals surface area contributed by atoms with Gasteiger partial charge in [0.2, 0.25) is 5.96 Å². The second-order valence-corrected chi connectivity index (χ2v) is 2.02. The molecule has 12 heavy (non-hydrogen) atoms. The summed E-state index contributed by atoms with van der Waals surface area (Å²) in [6.45, 7) is 0.371. The zero-order valence-electron chi connectivity index (χ0n) is 6.58. The molecule has 7 heteroatoms. The van der Waals surface area contributed by atoms with E-state index in [0.29, 0.717) is 13.0 Å².